The molecule has 5 rings (SSSR count). The molecule has 0 amide bonds. The fraction of sp³-hybridized carbons (Fsp3) is 0.267. The third kappa shape index (κ3) is 5.40. The second kappa shape index (κ2) is 10.2. The lowest BCUT2D eigenvalue weighted by molar-refractivity contribution is -0.0885. The van der Waals surface area contributed by atoms with Gasteiger partial charge in [-0.2, -0.15) is 13.2 Å². The molecular formula is C30H27F3N2O4S. The fourth-order valence-corrected chi connectivity index (χ4v) is 6.01. The van der Waals surface area contributed by atoms with E-state index in [0.29, 0.717) is 35.5 Å². The number of Topliss-reactive ketones (excluding diaryl/α,β-unsaturated/α-hetero) is 1. The number of aromatic hydroxyl groups is 1. The molecule has 40 heavy (non-hydrogen) atoms. The predicted octanol–water partition coefficient (Wildman–Crippen LogP) is 6.45. The van der Waals surface area contributed by atoms with Crippen molar-refractivity contribution in [3.05, 3.63) is 83.6 Å². The van der Waals surface area contributed by atoms with Gasteiger partial charge in [0, 0.05) is 41.7 Å². The number of rotatable bonds is 5. The summed E-state index contributed by atoms with van der Waals surface area (Å²) in [6, 6.07) is 18.0. The van der Waals surface area contributed by atoms with Gasteiger partial charge in [0.05, 0.1) is 16.0 Å². The third-order valence-electron chi connectivity index (χ3n) is 7.43. The number of aromatic nitrogens is 1. The first-order valence-corrected chi connectivity index (χ1v) is 14.6. The van der Waals surface area contributed by atoms with E-state index in [1.165, 1.54) is 31.2 Å². The van der Waals surface area contributed by atoms with Gasteiger partial charge in [-0.05, 0) is 79.3 Å². The van der Waals surface area contributed by atoms with Crippen LogP contribution in [0.25, 0.3) is 22.0 Å². The number of fused-ring (bicyclic) bond motifs is 1. The van der Waals surface area contributed by atoms with Gasteiger partial charge in [0.15, 0.2) is 9.84 Å². The highest BCUT2D eigenvalue weighted by molar-refractivity contribution is 7.90. The van der Waals surface area contributed by atoms with Crippen molar-refractivity contribution in [2.24, 2.45) is 0 Å². The van der Waals surface area contributed by atoms with Crippen LogP contribution >= 0.6 is 0 Å². The summed E-state index contributed by atoms with van der Waals surface area (Å²) in [5.41, 5.74) is 2.13. The molecule has 6 nitrogen and oxygen atoms in total. The first kappa shape index (κ1) is 27.6. The number of nitrogens with zero attached hydrogens (tertiary/aromatic N) is 2. The van der Waals surface area contributed by atoms with Crippen molar-refractivity contribution in [3.63, 3.8) is 0 Å². The van der Waals surface area contributed by atoms with Crippen LogP contribution in [0.2, 0.25) is 0 Å². The van der Waals surface area contributed by atoms with Crippen LogP contribution in [-0.2, 0) is 9.84 Å². The number of aryl methyl sites for hydroxylation is 1. The standard InChI is InChI=1S/C30H27F3N2O4S/c1-18-27(29(37)30(31,32)33)28(21-5-10-24(11-6-21)40(2,38)39)25-17-22(7-12-26(25)34-18)35-15-13-20(14-16-35)19-3-8-23(36)9-4-19/h3-12,17,20,36H,13-16H2,1-2H3. The summed E-state index contributed by atoms with van der Waals surface area (Å²) < 4.78 is 65.1. The number of phenols is 1. The summed E-state index contributed by atoms with van der Waals surface area (Å²) in [5.74, 6) is -1.46. The maximum absolute atomic E-state index is 13.7. The second-order valence-corrected chi connectivity index (χ2v) is 12.1. The van der Waals surface area contributed by atoms with Gasteiger partial charge in [-0.3, -0.25) is 9.78 Å². The Morgan fingerprint density at radius 1 is 0.975 bits per heavy atom. The van der Waals surface area contributed by atoms with E-state index >= 15 is 0 Å². The quantitative estimate of drug-likeness (QED) is 0.279. The maximum Gasteiger partial charge on any atom is 0.454 e. The molecule has 1 saturated heterocycles. The topological polar surface area (TPSA) is 87.6 Å². The zero-order valence-electron chi connectivity index (χ0n) is 21.9. The normalized spacial score (nSPS) is 15.0. The summed E-state index contributed by atoms with van der Waals surface area (Å²) in [5, 5.41) is 9.96. The first-order chi connectivity index (χ1) is 18.8. The second-order valence-electron chi connectivity index (χ2n) is 10.1. The SMILES string of the molecule is Cc1nc2ccc(N3CCC(c4ccc(O)cc4)CC3)cc2c(-c2ccc(S(C)(=O)=O)cc2)c1C(=O)C(F)(F)F. The van der Waals surface area contributed by atoms with Crippen LogP contribution in [-0.4, -0.2) is 49.8 Å². The number of hydrogen-bond donors (Lipinski definition) is 1. The summed E-state index contributed by atoms with van der Waals surface area (Å²) in [7, 11) is -3.53. The van der Waals surface area contributed by atoms with Gasteiger partial charge in [-0.25, -0.2) is 8.42 Å². The Morgan fingerprint density at radius 2 is 1.60 bits per heavy atom. The molecule has 1 aliphatic heterocycles. The molecule has 3 aromatic carbocycles. The number of carbonyl (C=O) groups excluding carboxylic acids is 1. The van der Waals surface area contributed by atoms with Gasteiger partial charge >= 0.3 is 6.18 Å². The lowest BCUT2D eigenvalue weighted by Gasteiger charge is -2.34. The molecule has 208 valence electrons. The summed E-state index contributed by atoms with van der Waals surface area (Å²) in [6.45, 7) is 2.79. The zero-order valence-corrected chi connectivity index (χ0v) is 22.7. The van der Waals surface area contributed by atoms with Crippen LogP contribution in [0.1, 0.15) is 40.4 Å². The molecule has 2 heterocycles. The summed E-state index contributed by atoms with van der Waals surface area (Å²) in [6.07, 6.45) is -2.36. The maximum atomic E-state index is 13.7. The summed E-state index contributed by atoms with van der Waals surface area (Å²) >= 11 is 0. The van der Waals surface area contributed by atoms with E-state index < -0.39 is 27.4 Å². The number of anilines is 1. The van der Waals surface area contributed by atoms with Gasteiger partial charge in [0.1, 0.15) is 5.75 Å². The number of ketones is 1. The Hall–Kier alpha value is -3.92. The molecule has 1 aliphatic rings. The number of benzene rings is 3. The van der Waals surface area contributed by atoms with Crippen molar-refractivity contribution in [2.45, 2.75) is 36.8 Å². The number of carbonyl (C=O) groups is 1. The number of halogens is 3. The molecule has 0 atom stereocenters. The molecule has 1 N–H and O–H groups in total. The largest absolute Gasteiger partial charge is 0.508 e. The Balaban J connectivity index is 1.59. The van der Waals surface area contributed by atoms with Crippen LogP contribution in [0.5, 0.6) is 5.75 Å². The van der Waals surface area contributed by atoms with Gasteiger partial charge in [-0.1, -0.05) is 24.3 Å². The number of piperidine rings is 1. The van der Waals surface area contributed by atoms with Crippen molar-refractivity contribution in [2.75, 3.05) is 24.2 Å². The van der Waals surface area contributed by atoms with E-state index in [-0.39, 0.29) is 21.9 Å². The highest BCUT2D eigenvalue weighted by Crippen LogP contribution is 2.39. The number of phenolic OH excluding ortho intramolecular Hbond substituents is 1. The van der Waals surface area contributed by atoms with Crippen LogP contribution in [0.4, 0.5) is 18.9 Å². The monoisotopic (exact) mass is 568 g/mol. The van der Waals surface area contributed by atoms with Crippen molar-refractivity contribution < 1.29 is 31.5 Å². The molecule has 0 bridgehead atoms. The van der Waals surface area contributed by atoms with E-state index in [4.69, 9.17) is 0 Å². The molecule has 1 aromatic heterocycles. The van der Waals surface area contributed by atoms with E-state index in [9.17, 15) is 31.5 Å². The molecule has 0 radical (unpaired) electrons. The van der Waals surface area contributed by atoms with E-state index in [0.717, 1.165) is 30.3 Å². The van der Waals surface area contributed by atoms with Crippen LogP contribution in [0, 0.1) is 6.92 Å². The average Bonchev–Trinajstić information content (AvgIpc) is 2.91. The summed E-state index contributed by atoms with van der Waals surface area (Å²) in [4.78, 5) is 19.2. The molecule has 0 spiro atoms. The van der Waals surface area contributed by atoms with E-state index in [1.54, 1.807) is 24.3 Å². The smallest absolute Gasteiger partial charge is 0.454 e. The minimum atomic E-state index is -5.12. The highest BCUT2D eigenvalue weighted by Gasteiger charge is 2.42. The van der Waals surface area contributed by atoms with Crippen molar-refractivity contribution >= 4 is 32.2 Å². The lowest BCUT2D eigenvalue weighted by atomic mass is 9.89. The van der Waals surface area contributed by atoms with E-state index in [1.807, 2.05) is 18.2 Å². The van der Waals surface area contributed by atoms with Gasteiger partial charge in [0.25, 0.3) is 5.78 Å². The number of alkyl halides is 3. The van der Waals surface area contributed by atoms with Crippen molar-refractivity contribution in [1.82, 2.24) is 4.98 Å². The average molecular weight is 569 g/mol. The molecule has 4 aromatic rings. The molecule has 1 fully saturated rings. The van der Waals surface area contributed by atoms with Gasteiger partial charge in [-0.15, -0.1) is 0 Å². The fourth-order valence-electron chi connectivity index (χ4n) is 5.38. The highest BCUT2D eigenvalue weighted by atomic mass is 32.2. The Morgan fingerprint density at radius 3 is 2.17 bits per heavy atom. The lowest BCUT2D eigenvalue weighted by Crippen LogP contribution is -2.32. The van der Waals surface area contributed by atoms with Crippen LogP contribution < -0.4 is 4.90 Å². The van der Waals surface area contributed by atoms with Crippen LogP contribution in [0.3, 0.4) is 0 Å². The number of sulfone groups is 1. The van der Waals surface area contributed by atoms with Crippen molar-refractivity contribution in [3.8, 4) is 16.9 Å². The van der Waals surface area contributed by atoms with E-state index in [2.05, 4.69) is 9.88 Å². The van der Waals surface area contributed by atoms with Gasteiger partial charge < -0.3 is 10.0 Å². The molecule has 0 saturated carbocycles. The molecule has 0 unspecified atom stereocenters. The minimum Gasteiger partial charge on any atom is -0.508 e. The third-order valence-corrected chi connectivity index (χ3v) is 8.56. The van der Waals surface area contributed by atoms with Gasteiger partial charge in [0.2, 0.25) is 0 Å². The Kier molecular flexibility index (Phi) is 7.08. The predicted molar refractivity (Wildman–Crippen MR) is 148 cm³/mol. The van der Waals surface area contributed by atoms with Crippen molar-refractivity contribution in [1.29, 1.82) is 0 Å². The molecule has 10 heteroatoms. The van der Waals surface area contributed by atoms with Crippen LogP contribution in [0.15, 0.2) is 71.6 Å². The number of hydrogen-bond acceptors (Lipinski definition) is 6. The number of pyridine rings is 1. The molecule has 0 aliphatic carbocycles. The Bertz CT molecular complexity index is 1690. The molecular weight excluding hydrogens is 541 g/mol. The zero-order chi connectivity index (χ0) is 28.8. The minimum absolute atomic E-state index is 0.0206. The Labute approximate surface area is 230 Å². The first-order valence-electron chi connectivity index (χ1n) is 12.7.